The van der Waals surface area contributed by atoms with E-state index >= 15 is 0 Å². The molecule has 86 valence electrons. The molecular weight excluding hydrogens is 196 g/mol. The maximum atomic E-state index is 4.32. The van der Waals surface area contributed by atoms with Crippen LogP contribution in [0.3, 0.4) is 0 Å². The third kappa shape index (κ3) is 1.48. The van der Waals surface area contributed by atoms with Gasteiger partial charge in [0, 0.05) is 6.20 Å². The van der Waals surface area contributed by atoms with Crippen LogP contribution in [0.5, 0.6) is 0 Å². The van der Waals surface area contributed by atoms with Crippen molar-refractivity contribution >= 4 is 6.08 Å². The smallest absolute Gasteiger partial charge is 0.116 e. The molecule has 0 fully saturated rings. The van der Waals surface area contributed by atoms with Gasteiger partial charge in [0.05, 0.1) is 5.69 Å². The van der Waals surface area contributed by atoms with Crippen molar-refractivity contribution in [3.05, 3.63) is 29.9 Å². The number of hydrogen-bond acceptors (Lipinski definition) is 2. The van der Waals surface area contributed by atoms with Gasteiger partial charge in [-0.3, -0.25) is 0 Å². The van der Waals surface area contributed by atoms with E-state index in [2.05, 4.69) is 56.7 Å². The predicted octanol–water partition coefficient (Wildman–Crippen LogP) is 3.66. The highest BCUT2D eigenvalue weighted by atomic mass is 14.8. The molecule has 2 unspecified atom stereocenters. The summed E-state index contributed by atoms with van der Waals surface area (Å²) in [5, 5.41) is 0. The van der Waals surface area contributed by atoms with E-state index in [0.29, 0.717) is 5.92 Å². The minimum absolute atomic E-state index is 0.157. The Hall–Kier alpha value is -1.18. The quantitative estimate of drug-likeness (QED) is 0.661. The average Bonchev–Trinajstić information content (AvgIpc) is 2.22. The van der Waals surface area contributed by atoms with Gasteiger partial charge in [-0.15, -0.1) is 0 Å². The molecule has 1 aliphatic carbocycles. The highest BCUT2D eigenvalue weighted by Crippen LogP contribution is 2.52. The molecule has 0 aromatic carbocycles. The van der Waals surface area contributed by atoms with Crippen LogP contribution in [-0.4, -0.2) is 9.97 Å². The van der Waals surface area contributed by atoms with Crippen LogP contribution in [-0.2, 0) is 0 Å². The predicted molar refractivity (Wildman–Crippen MR) is 67.0 cm³/mol. The zero-order valence-corrected chi connectivity index (χ0v) is 10.8. The van der Waals surface area contributed by atoms with Gasteiger partial charge >= 0.3 is 0 Å². The second-order valence-electron chi connectivity index (χ2n) is 5.95. The maximum Gasteiger partial charge on any atom is 0.116 e. The summed E-state index contributed by atoms with van der Waals surface area (Å²) in [5.74, 6) is 0.452. The second kappa shape index (κ2) is 3.41. The molecule has 1 aromatic rings. The molecule has 2 atom stereocenters. The van der Waals surface area contributed by atoms with Crippen LogP contribution < -0.4 is 0 Å². The fraction of sp³-hybridized carbons (Fsp3) is 0.571. The Balaban J connectivity index is 2.53. The van der Waals surface area contributed by atoms with Crippen molar-refractivity contribution in [2.45, 2.75) is 40.5 Å². The molecule has 1 aliphatic rings. The first-order valence-electron chi connectivity index (χ1n) is 5.85. The van der Waals surface area contributed by atoms with Crippen LogP contribution in [0.1, 0.15) is 51.8 Å². The van der Waals surface area contributed by atoms with Crippen molar-refractivity contribution in [3.8, 4) is 0 Å². The minimum Gasteiger partial charge on any atom is -0.244 e. The molecule has 0 radical (unpaired) electrons. The first kappa shape index (κ1) is 11.3. The number of nitrogens with zero attached hydrogens (tertiary/aromatic N) is 2. The van der Waals surface area contributed by atoms with E-state index in [1.54, 1.807) is 6.33 Å². The largest absolute Gasteiger partial charge is 0.244 e. The average molecular weight is 216 g/mol. The first-order chi connectivity index (χ1) is 7.36. The molecule has 0 saturated carbocycles. The normalized spacial score (nSPS) is 28.9. The second-order valence-corrected chi connectivity index (χ2v) is 5.95. The highest BCUT2D eigenvalue weighted by molar-refractivity contribution is 5.55. The molecule has 0 bridgehead atoms. The van der Waals surface area contributed by atoms with Crippen molar-refractivity contribution in [3.63, 3.8) is 0 Å². The Kier molecular flexibility index (Phi) is 2.41. The van der Waals surface area contributed by atoms with Crippen LogP contribution in [0.15, 0.2) is 18.6 Å². The summed E-state index contributed by atoms with van der Waals surface area (Å²) in [6, 6.07) is 0. The molecule has 0 N–H and O–H groups in total. The molecule has 2 rings (SSSR count). The standard InChI is InChI=1S/C14H20N2/c1-10-11-8-15-9-16-12(11)6-7-14(10,5)13(2,3)4/h6-10H,1-5H3. The molecular formula is C14H20N2. The molecule has 2 nitrogen and oxygen atoms in total. The Morgan fingerprint density at radius 1 is 1.31 bits per heavy atom. The lowest BCUT2D eigenvalue weighted by atomic mass is 9.58. The summed E-state index contributed by atoms with van der Waals surface area (Å²) in [4.78, 5) is 8.47. The molecule has 0 amide bonds. The number of allylic oxidation sites excluding steroid dienone is 1. The summed E-state index contributed by atoms with van der Waals surface area (Å²) in [7, 11) is 0. The van der Waals surface area contributed by atoms with Crippen molar-refractivity contribution in [1.29, 1.82) is 0 Å². The van der Waals surface area contributed by atoms with Crippen LogP contribution >= 0.6 is 0 Å². The molecule has 1 aromatic heterocycles. The molecule has 16 heavy (non-hydrogen) atoms. The van der Waals surface area contributed by atoms with Crippen LogP contribution in [0.4, 0.5) is 0 Å². The molecule has 2 heteroatoms. The fourth-order valence-corrected chi connectivity index (χ4v) is 2.44. The van der Waals surface area contributed by atoms with Gasteiger partial charge in [0.1, 0.15) is 6.33 Å². The van der Waals surface area contributed by atoms with Crippen molar-refractivity contribution in [2.24, 2.45) is 10.8 Å². The number of fused-ring (bicyclic) bond motifs is 1. The summed E-state index contributed by atoms with van der Waals surface area (Å²) in [6.45, 7) is 11.5. The lowest BCUT2D eigenvalue weighted by molar-refractivity contribution is 0.135. The molecule has 0 spiro atoms. The first-order valence-corrected chi connectivity index (χ1v) is 5.85. The van der Waals surface area contributed by atoms with E-state index in [-0.39, 0.29) is 10.8 Å². The maximum absolute atomic E-state index is 4.32. The summed E-state index contributed by atoms with van der Waals surface area (Å²) in [6.07, 6.45) is 8.03. The van der Waals surface area contributed by atoms with Crippen LogP contribution in [0, 0.1) is 10.8 Å². The molecule has 0 saturated heterocycles. The third-order valence-corrected chi connectivity index (χ3v) is 4.34. The lowest BCUT2D eigenvalue weighted by Gasteiger charge is -2.46. The van der Waals surface area contributed by atoms with Gasteiger partial charge in [-0.1, -0.05) is 40.7 Å². The molecule has 1 heterocycles. The van der Waals surface area contributed by atoms with Crippen molar-refractivity contribution < 1.29 is 0 Å². The van der Waals surface area contributed by atoms with Crippen LogP contribution in [0.2, 0.25) is 0 Å². The lowest BCUT2D eigenvalue weighted by Crippen LogP contribution is -2.37. The number of aromatic nitrogens is 2. The topological polar surface area (TPSA) is 25.8 Å². The highest BCUT2D eigenvalue weighted by Gasteiger charge is 2.43. The van der Waals surface area contributed by atoms with E-state index in [1.165, 1.54) is 5.56 Å². The van der Waals surface area contributed by atoms with Gasteiger partial charge < -0.3 is 0 Å². The SMILES string of the molecule is CC1c2cncnc2C=CC1(C)C(C)(C)C. The van der Waals surface area contributed by atoms with E-state index in [4.69, 9.17) is 0 Å². The van der Waals surface area contributed by atoms with Crippen molar-refractivity contribution in [1.82, 2.24) is 9.97 Å². The zero-order chi connectivity index (χ0) is 12.0. The van der Waals surface area contributed by atoms with Crippen molar-refractivity contribution in [2.75, 3.05) is 0 Å². The fourth-order valence-electron chi connectivity index (χ4n) is 2.44. The monoisotopic (exact) mass is 216 g/mol. The van der Waals surface area contributed by atoms with Crippen LogP contribution in [0.25, 0.3) is 6.08 Å². The van der Waals surface area contributed by atoms with E-state index < -0.39 is 0 Å². The summed E-state index contributed by atoms with van der Waals surface area (Å²) < 4.78 is 0. The van der Waals surface area contributed by atoms with Gasteiger partial charge in [-0.05, 0) is 28.4 Å². The summed E-state index contributed by atoms with van der Waals surface area (Å²) in [5.41, 5.74) is 2.73. The summed E-state index contributed by atoms with van der Waals surface area (Å²) >= 11 is 0. The van der Waals surface area contributed by atoms with Gasteiger partial charge in [-0.25, -0.2) is 9.97 Å². The Bertz CT molecular complexity index is 429. The van der Waals surface area contributed by atoms with E-state index in [1.807, 2.05) is 6.20 Å². The third-order valence-electron chi connectivity index (χ3n) is 4.34. The Morgan fingerprint density at radius 3 is 2.62 bits per heavy atom. The Morgan fingerprint density at radius 2 is 2.00 bits per heavy atom. The molecule has 0 aliphatic heterocycles. The van der Waals surface area contributed by atoms with Gasteiger partial charge in [0.2, 0.25) is 0 Å². The van der Waals surface area contributed by atoms with Gasteiger partial charge in [0.15, 0.2) is 0 Å². The number of hydrogen-bond donors (Lipinski definition) is 0. The van der Waals surface area contributed by atoms with Gasteiger partial charge in [0.25, 0.3) is 0 Å². The zero-order valence-electron chi connectivity index (χ0n) is 10.8. The number of rotatable bonds is 0. The minimum atomic E-state index is 0.157. The van der Waals surface area contributed by atoms with E-state index in [9.17, 15) is 0 Å². The Labute approximate surface area is 97.8 Å². The van der Waals surface area contributed by atoms with E-state index in [0.717, 1.165) is 5.69 Å². The van der Waals surface area contributed by atoms with Gasteiger partial charge in [-0.2, -0.15) is 0 Å².